The summed E-state index contributed by atoms with van der Waals surface area (Å²) in [5.41, 5.74) is 3.71. The second-order valence-electron chi connectivity index (χ2n) is 9.45. The average molecular weight is 490 g/mol. The molecule has 0 fully saturated rings. The number of nitrogens with one attached hydrogen (secondary N) is 3. The Hall–Kier alpha value is -4.27. The average Bonchev–Trinajstić information content (AvgIpc) is 3.37. The van der Waals surface area contributed by atoms with Crippen LogP contribution in [0.3, 0.4) is 0 Å². The van der Waals surface area contributed by atoms with Crippen LogP contribution in [0.5, 0.6) is 0 Å². The van der Waals surface area contributed by atoms with E-state index < -0.39 is 23.1 Å². The second-order valence-corrected chi connectivity index (χ2v) is 9.45. The van der Waals surface area contributed by atoms with Gasteiger partial charge in [-0.05, 0) is 81.6 Å². The van der Waals surface area contributed by atoms with Crippen LogP contribution in [-0.2, 0) is 17.4 Å². The summed E-state index contributed by atoms with van der Waals surface area (Å²) in [7, 11) is 1.66. The van der Waals surface area contributed by atoms with Gasteiger partial charge in [0.1, 0.15) is 11.5 Å². The van der Waals surface area contributed by atoms with E-state index in [1.54, 1.807) is 38.7 Å². The maximum atomic E-state index is 13.6. The molecule has 0 atom stereocenters. The molecule has 0 bridgehead atoms. The minimum absolute atomic E-state index is 0.176. The summed E-state index contributed by atoms with van der Waals surface area (Å²) in [5, 5.41) is 5.57. The van der Waals surface area contributed by atoms with Gasteiger partial charge in [0.05, 0.1) is 28.5 Å². The highest BCUT2D eigenvalue weighted by Gasteiger charge is 2.32. The van der Waals surface area contributed by atoms with Crippen molar-refractivity contribution in [3.05, 3.63) is 82.2 Å². The van der Waals surface area contributed by atoms with Crippen molar-refractivity contribution in [1.82, 2.24) is 19.9 Å². The van der Waals surface area contributed by atoms with Gasteiger partial charge in [-0.15, -0.1) is 0 Å². The van der Waals surface area contributed by atoms with Crippen LogP contribution in [0.15, 0.2) is 42.7 Å². The highest BCUT2D eigenvalue weighted by atomic mass is 19.1. The number of benzene rings is 2. The summed E-state index contributed by atoms with van der Waals surface area (Å²) in [6.07, 6.45) is 1.59. The minimum atomic E-state index is -0.844. The largest absolute Gasteiger partial charge is 0.345 e. The Morgan fingerprint density at radius 1 is 1.06 bits per heavy atom. The predicted octanol–water partition coefficient (Wildman–Crippen LogP) is 4.45. The Morgan fingerprint density at radius 3 is 2.47 bits per heavy atom. The molecule has 36 heavy (non-hydrogen) atoms. The van der Waals surface area contributed by atoms with Gasteiger partial charge in [-0.25, -0.2) is 9.37 Å². The van der Waals surface area contributed by atoms with Gasteiger partial charge in [0.25, 0.3) is 17.6 Å². The predicted molar refractivity (Wildman–Crippen MR) is 136 cm³/mol. The zero-order chi connectivity index (χ0) is 26.4. The molecule has 4 rings (SSSR count). The molecule has 2 amide bonds. The summed E-state index contributed by atoms with van der Waals surface area (Å²) in [6.45, 7) is 8.54. The molecular formula is C27H28FN5O3. The van der Waals surface area contributed by atoms with E-state index in [9.17, 15) is 18.8 Å². The second kappa shape index (κ2) is 9.07. The molecule has 2 heterocycles. The van der Waals surface area contributed by atoms with Gasteiger partial charge in [0.2, 0.25) is 0 Å². The summed E-state index contributed by atoms with van der Waals surface area (Å²) < 4.78 is 15.2. The van der Waals surface area contributed by atoms with Crippen LogP contribution in [0, 0.1) is 26.6 Å². The van der Waals surface area contributed by atoms with E-state index in [-0.39, 0.29) is 17.1 Å². The molecule has 0 spiro atoms. The standard InChI is InChI=1S/C27H28FN5O3/c1-14-11-18(8-9-19(14)28)31-25(35)23-15(2)22(16(3)33(23)6)24(34)26(36)32-27(4,5)17-7-10-20-21(12-17)30-13-29-20/h7-13H,1-6H3,(H,29,30)(H,31,35)(H,32,36). The molecule has 0 radical (unpaired) electrons. The maximum absolute atomic E-state index is 13.6. The third kappa shape index (κ3) is 4.39. The highest BCUT2D eigenvalue weighted by molar-refractivity contribution is 6.43. The van der Waals surface area contributed by atoms with Crippen LogP contribution in [0.4, 0.5) is 10.1 Å². The number of amides is 2. The monoisotopic (exact) mass is 489 g/mol. The fraction of sp³-hybridized carbons (Fsp3) is 0.259. The quantitative estimate of drug-likeness (QED) is 0.275. The first-order valence-corrected chi connectivity index (χ1v) is 11.4. The molecular weight excluding hydrogens is 461 g/mol. The number of imidazole rings is 1. The zero-order valence-electron chi connectivity index (χ0n) is 21.0. The Morgan fingerprint density at radius 2 is 1.78 bits per heavy atom. The normalized spacial score (nSPS) is 11.5. The Bertz CT molecular complexity index is 1530. The number of carbonyl (C=O) groups excluding carboxylic acids is 3. The first-order chi connectivity index (χ1) is 16.9. The van der Waals surface area contributed by atoms with E-state index >= 15 is 0 Å². The van der Waals surface area contributed by atoms with Crippen LogP contribution in [0.25, 0.3) is 11.0 Å². The van der Waals surface area contributed by atoms with E-state index in [4.69, 9.17) is 0 Å². The van der Waals surface area contributed by atoms with E-state index in [1.807, 2.05) is 32.0 Å². The maximum Gasteiger partial charge on any atom is 0.293 e. The number of aryl methyl sites for hydroxylation is 1. The molecule has 0 saturated carbocycles. The van der Waals surface area contributed by atoms with Gasteiger partial charge in [0, 0.05) is 18.4 Å². The van der Waals surface area contributed by atoms with Crippen LogP contribution >= 0.6 is 0 Å². The topological polar surface area (TPSA) is 109 Å². The molecule has 186 valence electrons. The number of nitrogens with zero attached hydrogens (tertiary/aromatic N) is 2. The Balaban J connectivity index is 1.58. The Kier molecular flexibility index (Phi) is 6.26. The number of aromatic amines is 1. The molecule has 0 aliphatic heterocycles. The molecule has 0 unspecified atom stereocenters. The first kappa shape index (κ1) is 24.8. The van der Waals surface area contributed by atoms with Crippen LogP contribution in [0.1, 0.15) is 57.1 Å². The third-order valence-electron chi connectivity index (χ3n) is 6.56. The number of Topliss-reactive ketones (excluding diaryl/α,β-unsaturated/α-hetero) is 1. The SMILES string of the molecule is Cc1cc(NC(=O)c2c(C)c(C(=O)C(=O)NC(C)(C)c3ccc4nc[nH]c4c3)c(C)n2C)ccc1F. The number of halogens is 1. The molecule has 8 nitrogen and oxygen atoms in total. The summed E-state index contributed by atoms with van der Waals surface area (Å²) >= 11 is 0. The molecule has 2 aromatic carbocycles. The van der Waals surface area contributed by atoms with E-state index in [0.29, 0.717) is 22.5 Å². The van der Waals surface area contributed by atoms with Gasteiger partial charge in [-0.1, -0.05) is 6.07 Å². The lowest BCUT2D eigenvalue weighted by Crippen LogP contribution is -2.44. The highest BCUT2D eigenvalue weighted by Crippen LogP contribution is 2.26. The van der Waals surface area contributed by atoms with Crippen molar-refractivity contribution in [3.8, 4) is 0 Å². The van der Waals surface area contributed by atoms with Crippen molar-refractivity contribution in [2.75, 3.05) is 5.32 Å². The number of H-pyrrole nitrogens is 1. The van der Waals surface area contributed by atoms with Gasteiger partial charge in [-0.3, -0.25) is 14.4 Å². The van der Waals surface area contributed by atoms with Crippen molar-refractivity contribution in [3.63, 3.8) is 0 Å². The number of anilines is 1. The lowest BCUT2D eigenvalue weighted by atomic mass is 9.93. The molecule has 4 aromatic rings. The van der Waals surface area contributed by atoms with Crippen LogP contribution < -0.4 is 10.6 Å². The van der Waals surface area contributed by atoms with Gasteiger partial charge < -0.3 is 20.2 Å². The lowest BCUT2D eigenvalue weighted by molar-refractivity contribution is -0.118. The molecule has 3 N–H and O–H groups in total. The van der Waals surface area contributed by atoms with Crippen molar-refractivity contribution < 1.29 is 18.8 Å². The molecule has 0 aliphatic carbocycles. The molecule has 0 saturated heterocycles. The number of ketones is 1. The summed E-state index contributed by atoms with van der Waals surface area (Å²) in [4.78, 5) is 46.7. The molecule has 2 aromatic heterocycles. The van der Waals surface area contributed by atoms with E-state index in [0.717, 1.165) is 16.6 Å². The van der Waals surface area contributed by atoms with Gasteiger partial charge >= 0.3 is 0 Å². The molecule has 0 aliphatic rings. The van der Waals surface area contributed by atoms with Crippen molar-refractivity contribution in [2.24, 2.45) is 7.05 Å². The Labute approximate surface area is 207 Å². The first-order valence-electron chi connectivity index (χ1n) is 11.4. The number of hydrogen-bond acceptors (Lipinski definition) is 4. The van der Waals surface area contributed by atoms with Gasteiger partial charge in [0.15, 0.2) is 0 Å². The molecule has 9 heteroatoms. The lowest BCUT2D eigenvalue weighted by Gasteiger charge is -2.26. The number of rotatable bonds is 6. The van der Waals surface area contributed by atoms with Crippen LogP contribution in [0.2, 0.25) is 0 Å². The number of fused-ring (bicyclic) bond motifs is 1. The zero-order valence-corrected chi connectivity index (χ0v) is 21.0. The summed E-state index contributed by atoms with van der Waals surface area (Å²) in [5.74, 6) is -2.34. The van der Waals surface area contributed by atoms with E-state index in [1.165, 1.54) is 18.2 Å². The third-order valence-corrected chi connectivity index (χ3v) is 6.56. The number of carbonyl (C=O) groups is 3. The minimum Gasteiger partial charge on any atom is -0.345 e. The van der Waals surface area contributed by atoms with Crippen molar-refractivity contribution in [2.45, 2.75) is 40.2 Å². The fourth-order valence-electron chi connectivity index (χ4n) is 4.40. The van der Waals surface area contributed by atoms with Crippen molar-refractivity contribution >= 4 is 34.3 Å². The van der Waals surface area contributed by atoms with Crippen LogP contribution in [-0.4, -0.2) is 32.1 Å². The van der Waals surface area contributed by atoms with Gasteiger partial charge in [-0.2, -0.15) is 0 Å². The smallest absolute Gasteiger partial charge is 0.293 e. The number of aromatic nitrogens is 3. The summed E-state index contributed by atoms with van der Waals surface area (Å²) in [6, 6.07) is 9.85. The number of hydrogen-bond donors (Lipinski definition) is 3. The van der Waals surface area contributed by atoms with Crippen molar-refractivity contribution in [1.29, 1.82) is 0 Å². The van der Waals surface area contributed by atoms with E-state index in [2.05, 4.69) is 20.6 Å². The fourth-order valence-corrected chi connectivity index (χ4v) is 4.40.